The molecule has 0 amide bonds. The van der Waals surface area contributed by atoms with Crippen LogP contribution in [-0.2, 0) is 22.2 Å². The van der Waals surface area contributed by atoms with Crippen LogP contribution in [0.2, 0.25) is 5.02 Å². The molecule has 2 heterocycles. The van der Waals surface area contributed by atoms with Gasteiger partial charge < -0.3 is 14.3 Å². The third kappa shape index (κ3) is 8.38. The van der Waals surface area contributed by atoms with Crippen molar-refractivity contribution in [1.29, 1.82) is 0 Å². The first-order valence-corrected chi connectivity index (χ1v) is 11.5. The number of aryl methyl sites for hydroxylation is 2. The monoisotopic (exact) mass is 517 g/mol. The molecule has 0 aromatic carbocycles. The molecule has 0 N–H and O–H groups in total. The second-order valence-corrected chi connectivity index (χ2v) is 7.74. The molecule has 0 spiro atoms. The molecule has 0 aliphatic rings. The zero-order valence-corrected chi connectivity index (χ0v) is 21.8. The van der Waals surface area contributed by atoms with Gasteiger partial charge in [-0.05, 0) is 40.2 Å². The van der Waals surface area contributed by atoms with Gasteiger partial charge in [-0.2, -0.15) is 13.2 Å². The molecule has 0 radical (unpaired) electrons. The number of rotatable bonds is 8. The van der Waals surface area contributed by atoms with E-state index in [2.05, 4.69) is 15.1 Å². The maximum absolute atomic E-state index is 12.8. The molecule has 194 valence electrons. The highest BCUT2D eigenvalue weighted by Gasteiger charge is 2.32. The Kier molecular flexibility index (Phi) is 11.4. The third-order valence-electron chi connectivity index (χ3n) is 4.82. The number of hydrogen-bond acceptors (Lipinski definition) is 7. The number of oxime groups is 1. The zero-order valence-electron chi connectivity index (χ0n) is 21.1. The van der Waals surface area contributed by atoms with Gasteiger partial charge in [0.15, 0.2) is 6.10 Å². The summed E-state index contributed by atoms with van der Waals surface area (Å²) >= 11 is 5.88. The maximum atomic E-state index is 12.8. The lowest BCUT2D eigenvalue weighted by atomic mass is 10.1. The lowest BCUT2D eigenvalue weighted by Crippen LogP contribution is -2.28. The minimum absolute atomic E-state index is 0.152. The number of nitrogens with zero attached hydrogens (tertiary/aromatic N) is 3. The molecule has 0 fully saturated rings. The van der Waals surface area contributed by atoms with Gasteiger partial charge in [-0.15, -0.1) is 0 Å². The molecule has 0 aliphatic heterocycles. The SMILES string of the molecule is CC.CCc1nc(C)c(C)c(OC(C)=O)c1/C=N/OC(C)C(C)Oc1ncc(C(F)(F)F)cc1Cl. The fourth-order valence-electron chi connectivity index (χ4n) is 2.73. The third-order valence-corrected chi connectivity index (χ3v) is 5.10. The van der Waals surface area contributed by atoms with E-state index in [1.165, 1.54) is 13.1 Å². The van der Waals surface area contributed by atoms with Crippen LogP contribution in [0.4, 0.5) is 13.2 Å². The van der Waals surface area contributed by atoms with Crippen molar-refractivity contribution in [2.45, 2.75) is 80.2 Å². The Morgan fingerprint density at radius 3 is 2.37 bits per heavy atom. The Hall–Kier alpha value is -2.88. The standard InChI is InChI=1S/C22H25ClF3N3O4.C2H6/c1-7-19-17(20(32-15(6)30)11(2)12(3)29-19)10-28-33-14(5)13(4)31-21-18(23)8-16(9-27-21)22(24,25)26;1-2/h8-10,13-14H,7H2,1-6H3;1-2H3/b28-10+;. The Morgan fingerprint density at radius 1 is 1.23 bits per heavy atom. The molecule has 35 heavy (non-hydrogen) atoms. The molecular weight excluding hydrogens is 487 g/mol. The van der Waals surface area contributed by atoms with E-state index in [9.17, 15) is 18.0 Å². The first-order chi connectivity index (χ1) is 16.3. The quantitative estimate of drug-likeness (QED) is 0.226. The van der Waals surface area contributed by atoms with Gasteiger partial charge in [0.25, 0.3) is 0 Å². The Morgan fingerprint density at radius 2 is 1.86 bits per heavy atom. The van der Waals surface area contributed by atoms with E-state index in [1.807, 2.05) is 27.7 Å². The van der Waals surface area contributed by atoms with Crippen molar-refractivity contribution in [1.82, 2.24) is 9.97 Å². The van der Waals surface area contributed by atoms with Crippen molar-refractivity contribution < 1.29 is 32.3 Å². The fourth-order valence-corrected chi connectivity index (χ4v) is 2.94. The van der Waals surface area contributed by atoms with Crippen LogP contribution in [0, 0.1) is 13.8 Å². The number of esters is 1. The predicted molar refractivity (Wildman–Crippen MR) is 128 cm³/mol. The van der Waals surface area contributed by atoms with Crippen molar-refractivity contribution in [2.24, 2.45) is 5.16 Å². The van der Waals surface area contributed by atoms with Crippen molar-refractivity contribution in [3.05, 3.63) is 45.4 Å². The molecule has 2 aromatic rings. The summed E-state index contributed by atoms with van der Waals surface area (Å²) in [5.74, 6) is -0.269. The molecule has 0 aliphatic carbocycles. The van der Waals surface area contributed by atoms with Gasteiger partial charge in [-0.25, -0.2) is 4.98 Å². The van der Waals surface area contributed by atoms with Gasteiger partial charge in [0.2, 0.25) is 5.88 Å². The average molecular weight is 518 g/mol. The average Bonchev–Trinajstić information content (AvgIpc) is 2.79. The van der Waals surface area contributed by atoms with Gasteiger partial charge in [-0.1, -0.05) is 37.5 Å². The highest BCUT2D eigenvalue weighted by molar-refractivity contribution is 6.31. The van der Waals surface area contributed by atoms with E-state index in [1.54, 1.807) is 20.8 Å². The fraction of sp³-hybridized carbons (Fsp3) is 0.500. The molecular formula is C24H31ClF3N3O4. The van der Waals surface area contributed by atoms with Gasteiger partial charge in [0.05, 0.1) is 23.0 Å². The first kappa shape index (κ1) is 30.2. The molecule has 7 nitrogen and oxygen atoms in total. The number of hydrogen-bond donors (Lipinski definition) is 0. The predicted octanol–water partition coefficient (Wildman–Crippen LogP) is 6.49. The summed E-state index contributed by atoms with van der Waals surface area (Å²) < 4.78 is 49.2. The van der Waals surface area contributed by atoms with Crippen LogP contribution in [0.1, 0.15) is 69.6 Å². The van der Waals surface area contributed by atoms with Crippen LogP contribution in [0.25, 0.3) is 0 Å². The van der Waals surface area contributed by atoms with Crippen LogP contribution in [0.5, 0.6) is 11.6 Å². The Bertz CT molecular complexity index is 1050. The van der Waals surface area contributed by atoms with E-state index >= 15 is 0 Å². The molecule has 0 saturated heterocycles. The van der Waals surface area contributed by atoms with Gasteiger partial charge in [0.1, 0.15) is 16.9 Å². The molecule has 2 aromatic heterocycles. The van der Waals surface area contributed by atoms with E-state index < -0.39 is 29.9 Å². The van der Waals surface area contributed by atoms with Crippen molar-refractivity contribution in [3.8, 4) is 11.6 Å². The summed E-state index contributed by atoms with van der Waals surface area (Å²) in [6.45, 7) is 14.1. The summed E-state index contributed by atoms with van der Waals surface area (Å²) in [6, 6.07) is 0.746. The number of pyridine rings is 2. The molecule has 11 heteroatoms. The van der Waals surface area contributed by atoms with Crippen LogP contribution in [-0.4, -0.2) is 34.4 Å². The van der Waals surface area contributed by atoms with E-state index in [4.69, 9.17) is 25.9 Å². The van der Waals surface area contributed by atoms with Gasteiger partial charge in [0, 0.05) is 24.4 Å². The number of carbonyl (C=O) groups excluding carboxylic acids is 1. The van der Waals surface area contributed by atoms with Crippen molar-refractivity contribution >= 4 is 23.8 Å². The van der Waals surface area contributed by atoms with Crippen LogP contribution in [0.3, 0.4) is 0 Å². The normalized spacial score (nSPS) is 13.0. The smallest absolute Gasteiger partial charge is 0.417 e. The van der Waals surface area contributed by atoms with E-state index in [0.717, 1.165) is 11.8 Å². The number of aromatic nitrogens is 2. The molecule has 2 atom stereocenters. The molecule has 0 bridgehead atoms. The summed E-state index contributed by atoms with van der Waals surface area (Å²) in [4.78, 5) is 25.2. The number of carbonyl (C=O) groups is 1. The minimum atomic E-state index is -4.56. The minimum Gasteiger partial charge on any atom is -0.470 e. The lowest BCUT2D eigenvalue weighted by molar-refractivity contribution is -0.138. The van der Waals surface area contributed by atoms with Crippen LogP contribution in [0.15, 0.2) is 17.4 Å². The molecule has 2 unspecified atom stereocenters. The largest absolute Gasteiger partial charge is 0.470 e. The van der Waals surface area contributed by atoms with Crippen LogP contribution < -0.4 is 9.47 Å². The van der Waals surface area contributed by atoms with Crippen molar-refractivity contribution in [2.75, 3.05) is 0 Å². The second-order valence-electron chi connectivity index (χ2n) is 7.34. The van der Waals surface area contributed by atoms with E-state index in [0.29, 0.717) is 35.2 Å². The number of halogens is 4. The van der Waals surface area contributed by atoms with Gasteiger partial charge in [-0.3, -0.25) is 9.78 Å². The summed E-state index contributed by atoms with van der Waals surface area (Å²) in [6.07, 6.45) is -3.21. The molecule has 2 rings (SSSR count). The Labute approximate surface area is 208 Å². The van der Waals surface area contributed by atoms with Crippen molar-refractivity contribution in [3.63, 3.8) is 0 Å². The highest BCUT2D eigenvalue weighted by Crippen LogP contribution is 2.33. The summed E-state index contributed by atoms with van der Waals surface area (Å²) in [5.41, 5.74) is 1.66. The van der Waals surface area contributed by atoms with Gasteiger partial charge >= 0.3 is 12.1 Å². The zero-order chi connectivity index (χ0) is 26.9. The summed E-state index contributed by atoms with van der Waals surface area (Å²) in [5, 5.41) is 3.71. The molecule has 0 saturated carbocycles. The lowest BCUT2D eigenvalue weighted by Gasteiger charge is -2.20. The second kappa shape index (κ2) is 13.3. The number of alkyl halides is 3. The first-order valence-electron chi connectivity index (χ1n) is 11.1. The number of ether oxygens (including phenoxy) is 2. The Balaban J connectivity index is 0.00000298. The topological polar surface area (TPSA) is 82.9 Å². The maximum Gasteiger partial charge on any atom is 0.417 e. The van der Waals surface area contributed by atoms with Crippen LogP contribution >= 0.6 is 11.6 Å². The highest BCUT2D eigenvalue weighted by atomic mass is 35.5. The summed E-state index contributed by atoms with van der Waals surface area (Å²) in [7, 11) is 0. The van der Waals surface area contributed by atoms with E-state index in [-0.39, 0.29) is 10.9 Å².